The summed E-state index contributed by atoms with van der Waals surface area (Å²) in [7, 11) is 3.26. The molecular formula is C16H23NO3. The van der Waals surface area contributed by atoms with Crippen LogP contribution in [-0.4, -0.2) is 43.4 Å². The molecule has 110 valence electrons. The number of fused-ring (bicyclic) bond motifs is 1. The Balaban J connectivity index is 1.95. The van der Waals surface area contributed by atoms with Crippen molar-refractivity contribution in [3.63, 3.8) is 0 Å². The highest BCUT2D eigenvalue weighted by molar-refractivity contribution is 5.45. The molecule has 20 heavy (non-hydrogen) atoms. The van der Waals surface area contributed by atoms with Gasteiger partial charge in [0.05, 0.1) is 14.2 Å². The largest absolute Gasteiger partial charge is 0.493 e. The molecule has 2 aliphatic heterocycles. The van der Waals surface area contributed by atoms with Crippen LogP contribution in [0, 0.1) is 0 Å². The second-order valence-electron chi connectivity index (χ2n) is 5.79. The Labute approximate surface area is 120 Å². The number of methoxy groups -OCH3 is 2. The second-order valence-corrected chi connectivity index (χ2v) is 5.79. The summed E-state index contributed by atoms with van der Waals surface area (Å²) in [5.74, 6) is 1.39. The van der Waals surface area contributed by atoms with Crippen molar-refractivity contribution < 1.29 is 14.6 Å². The molecule has 1 aromatic rings. The van der Waals surface area contributed by atoms with E-state index in [1.807, 2.05) is 18.2 Å². The maximum Gasteiger partial charge on any atom is 0.161 e. The van der Waals surface area contributed by atoms with Crippen LogP contribution in [0.25, 0.3) is 0 Å². The average molecular weight is 277 g/mol. The van der Waals surface area contributed by atoms with Crippen molar-refractivity contribution in [1.29, 1.82) is 0 Å². The fourth-order valence-electron chi connectivity index (χ4n) is 3.72. The first-order valence-corrected chi connectivity index (χ1v) is 7.38. The first-order chi connectivity index (χ1) is 9.69. The molecule has 0 aliphatic carbocycles. The Bertz CT molecular complexity index is 491. The smallest absolute Gasteiger partial charge is 0.161 e. The molecule has 2 aliphatic rings. The molecule has 1 aromatic carbocycles. The standard InChI is InChI=1S/C16H23NO3/c1-19-13-7-6-12(11-14(13)20-2)16(18)8-10-17-9-4-3-5-15(16)17/h6-7,11,15,18H,3-5,8-10H2,1-2H3. The lowest BCUT2D eigenvalue weighted by molar-refractivity contribution is -0.0139. The number of piperidine rings is 1. The lowest BCUT2D eigenvalue weighted by atomic mass is 9.83. The van der Waals surface area contributed by atoms with E-state index in [0.717, 1.165) is 31.5 Å². The van der Waals surface area contributed by atoms with Crippen LogP contribution in [0.4, 0.5) is 0 Å². The Hall–Kier alpha value is -1.26. The van der Waals surface area contributed by atoms with Crippen LogP contribution in [0.3, 0.4) is 0 Å². The van der Waals surface area contributed by atoms with Gasteiger partial charge in [-0.05, 0) is 43.5 Å². The fraction of sp³-hybridized carbons (Fsp3) is 0.625. The molecule has 2 unspecified atom stereocenters. The van der Waals surface area contributed by atoms with Crippen LogP contribution >= 0.6 is 0 Å². The van der Waals surface area contributed by atoms with Gasteiger partial charge in [0, 0.05) is 12.6 Å². The van der Waals surface area contributed by atoms with Gasteiger partial charge in [0.2, 0.25) is 0 Å². The second kappa shape index (κ2) is 5.26. The third-order valence-electron chi connectivity index (χ3n) is 4.83. The summed E-state index contributed by atoms with van der Waals surface area (Å²) in [5.41, 5.74) is 0.199. The highest BCUT2D eigenvalue weighted by Gasteiger charge is 2.47. The molecule has 0 bridgehead atoms. The number of hydrogen-bond donors (Lipinski definition) is 1. The number of aliphatic hydroxyl groups is 1. The van der Waals surface area contributed by atoms with Crippen molar-refractivity contribution in [2.45, 2.75) is 37.3 Å². The van der Waals surface area contributed by atoms with Crippen molar-refractivity contribution in [3.8, 4) is 11.5 Å². The highest BCUT2D eigenvalue weighted by Crippen LogP contribution is 2.44. The molecular weight excluding hydrogens is 254 g/mol. The van der Waals surface area contributed by atoms with Gasteiger partial charge in [-0.2, -0.15) is 0 Å². The van der Waals surface area contributed by atoms with Crippen LogP contribution < -0.4 is 9.47 Å². The van der Waals surface area contributed by atoms with Crippen molar-refractivity contribution >= 4 is 0 Å². The normalized spacial score (nSPS) is 30.1. The van der Waals surface area contributed by atoms with Crippen molar-refractivity contribution in [2.75, 3.05) is 27.3 Å². The predicted molar refractivity (Wildman–Crippen MR) is 77.3 cm³/mol. The number of benzene rings is 1. The number of nitrogens with zero attached hydrogens (tertiary/aromatic N) is 1. The van der Waals surface area contributed by atoms with E-state index in [1.165, 1.54) is 12.8 Å². The van der Waals surface area contributed by atoms with Gasteiger partial charge in [-0.3, -0.25) is 4.90 Å². The summed E-state index contributed by atoms with van der Waals surface area (Å²) >= 11 is 0. The van der Waals surface area contributed by atoms with Crippen molar-refractivity contribution in [2.24, 2.45) is 0 Å². The van der Waals surface area contributed by atoms with Crippen molar-refractivity contribution in [3.05, 3.63) is 23.8 Å². The SMILES string of the molecule is COc1ccc(C2(O)CCN3CCCCC32)cc1OC. The number of ether oxygens (including phenoxy) is 2. The van der Waals surface area contributed by atoms with Crippen LogP contribution in [-0.2, 0) is 5.60 Å². The van der Waals surface area contributed by atoms with Gasteiger partial charge in [-0.15, -0.1) is 0 Å². The lowest BCUT2D eigenvalue weighted by Gasteiger charge is -2.37. The van der Waals surface area contributed by atoms with E-state index in [4.69, 9.17) is 9.47 Å². The Morgan fingerprint density at radius 2 is 1.95 bits per heavy atom. The maximum atomic E-state index is 11.2. The summed E-state index contributed by atoms with van der Waals surface area (Å²) in [4.78, 5) is 2.43. The minimum absolute atomic E-state index is 0.245. The monoisotopic (exact) mass is 277 g/mol. The highest BCUT2D eigenvalue weighted by atomic mass is 16.5. The first-order valence-electron chi connectivity index (χ1n) is 7.38. The lowest BCUT2D eigenvalue weighted by Crippen LogP contribution is -2.45. The van der Waals surface area contributed by atoms with E-state index >= 15 is 0 Å². The van der Waals surface area contributed by atoms with Crippen LogP contribution in [0.15, 0.2) is 18.2 Å². The Morgan fingerprint density at radius 1 is 1.15 bits per heavy atom. The summed E-state index contributed by atoms with van der Waals surface area (Å²) < 4.78 is 10.6. The molecule has 4 nitrogen and oxygen atoms in total. The maximum absolute atomic E-state index is 11.2. The molecule has 0 aromatic heterocycles. The van der Waals surface area contributed by atoms with Gasteiger partial charge < -0.3 is 14.6 Å². The zero-order chi connectivity index (χ0) is 14.2. The number of rotatable bonds is 3. The van der Waals surface area contributed by atoms with Gasteiger partial charge in [0.15, 0.2) is 11.5 Å². The zero-order valence-corrected chi connectivity index (χ0v) is 12.3. The summed E-state index contributed by atoms with van der Waals surface area (Å²) in [6.07, 6.45) is 4.33. The minimum atomic E-state index is -0.750. The first kappa shape index (κ1) is 13.7. The van der Waals surface area contributed by atoms with Crippen molar-refractivity contribution in [1.82, 2.24) is 4.90 Å². The molecule has 2 atom stereocenters. The molecule has 4 heteroatoms. The van der Waals surface area contributed by atoms with E-state index in [1.54, 1.807) is 14.2 Å². The molecule has 1 N–H and O–H groups in total. The van der Waals surface area contributed by atoms with Gasteiger partial charge in [-0.1, -0.05) is 12.5 Å². The van der Waals surface area contributed by atoms with Gasteiger partial charge >= 0.3 is 0 Å². The van der Waals surface area contributed by atoms with Crippen LogP contribution in [0.5, 0.6) is 11.5 Å². The molecule has 0 radical (unpaired) electrons. The Kier molecular flexibility index (Phi) is 3.61. The summed E-state index contributed by atoms with van der Waals surface area (Å²) in [6.45, 7) is 2.09. The molecule has 2 fully saturated rings. The molecule has 2 heterocycles. The van der Waals surface area contributed by atoms with Crippen LogP contribution in [0.1, 0.15) is 31.2 Å². The van der Waals surface area contributed by atoms with E-state index in [9.17, 15) is 5.11 Å². The van der Waals surface area contributed by atoms with E-state index in [0.29, 0.717) is 11.5 Å². The van der Waals surface area contributed by atoms with E-state index in [-0.39, 0.29) is 6.04 Å². The quantitative estimate of drug-likeness (QED) is 0.919. The van der Waals surface area contributed by atoms with Gasteiger partial charge in [-0.25, -0.2) is 0 Å². The van der Waals surface area contributed by atoms with Crippen LogP contribution in [0.2, 0.25) is 0 Å². The molecule has 0 amide bonds. The third kappa shape index (κ3) is 2.07. The van der Waals surface area contributed by atoms with Gasteiger partial charge in [0.25, 0.3) is 0 Å². The molecule has 0 saturated carbocycles. The summed E-state index contributed by atoms with van der Waals surface area (Å²) in [6, 6.07) is 6.03. The fourth-order valence-corrected chi connectivity index (χ4v) is 3.72. The van der Waals surface area contributed by atoms with E-state index < -0.39 is 5.60 Å². The van der Waals surface area contributed by atoms with Gasteiger partial charge in [0.1, 0.15) is 5.60 Å². The molecule has 2 saturated heterocycles. The average Bonchev–Trinajstić information content (AvgIpc) is 2.85. The third-order valence-corrected chi connectivity index (χ3v) is 4.83. The summed E-state index contributed by atoms with van der Waals surface area (Å²) in [5, 5.41) is 11.2. The zero-order valence-electron chi connectivity index (χ0n) is 12.3. The minimum Gasteiger partial charge on any atom is -0.493 e. The topological polar surface area (TPSA) is 41.9 Å². The molecule has 0 spiro atoms. The molecule has 3 rings (SSSR count). The predicted octanol–water partition coefficient (Wildman–Crippen LogP) is 2.15. The van der Waals surface area contributed by atoms with E-state index in [2.05, 4.69) is 4.90 Å². The Morgan fingerprint density at radius 3 is 2.70 bits per heavy atom. The number of hydrogen-bond acceptors (Lipinski definition) is 4.